The van der Waals surface area contributed by atoms with Crippen LogP contribution in [0.2, 0.25) is 0 Å². The number of amides is 1. The van der Waals surface area contributed by atoms with E-state index in [1.807, 2.05) is 36.1 Å². The lowest BCUT2D eigenvalue weighted by Gasteiger charge is -2.21. The minimum Gasteiger partial charge on any atom is -0.481 e. The molecule has 0 aliphatic carbocycles. The molecule has 0 saturated carbocycles. The van der Waals surface area contributed by atoms with Gasteiger partial charge in [-0.2, -0.15) is 0 Å². The standard InChI is InChI=1S/C16H22N2O3/c1-13-3-5-14(6-4-13)16(21)18-9-2-8-17(11-12-18)10-7-15(19)20/h3-6H,2,7-12H2,1H3,(H,19,20). The lowest BCUT2D eigenvalue weighted by atomic mass is 10.1. The molecule has 1 heterocycles. The fourth-order valence-corrected chi connectivity index (χ4v) is 2.53. The number of hydrogen-bond donors (Lipinski definition) is 1. The van der Waals surface area contributed by atoms with Crippen LogP contribution in [0.1, 0.15) is 28.8 Å². The molecule has 0 radical (unpaired) electrons. The average molecular weight is 290 g/mol. The Bertz CT molecular complexity index is 499. The third kappa shape index (κ3) is 4.56. The quantitative estimate of drug-likeness (QED) is 0.915. The van der Waals surface area contributed by atoms with E-state index in [2.05, 4.69) is 4.90 Å². The summed E-state index contributed by atoms with van der Waals surface area (Å²) < 4.78 is 0. The van der Waals surface area contributed by atoms with Crippen LogP contribution in [0.3, 0.4) is 0 Å². The monoisotopic (exact) mass is 290 g/mol. The highest BCUT2D eigenvalue weighted by Crippen LogP contribution is 2.10. The SMILES string of the molecule is Cc1ccc(C(=O)N2CCCN(CCC(=O)O)CC2)cc1. The van der Waals surface area contributed by atoms with E-state index in [4.69, 9.17) is 5.11 Å². The molecule has 2 rings (SSSR count). The van der Waals surface area contributed by atoms with E-state index in [-0.39, 0.29) is 12.3 Å². The molecule has 114 valence electrons. The molecule has 0 spiro atoms. The van der Waals surface area contributed by atoms with Crippen LogP contribution in [0.15, 0.2) is 24.3 Å². The lowest BCUT2D eigenvalue weighted by molar-refractivity contribution is -0.137. The second-order valence-corrected chi connectivity index (χ2v) is 5.50. The summed E-state index contributed by atoms with van der Waals surface area (Å²) in [5.41, 5.74) is 1.86. The van der Waals surface area contributed by atoms with Gasteiger partial charge in [-0.05, 0) is 32.0 Å². The van der Waals surface area contributed by atoms with E-state index >= 15 is 0 Å². The molecule has 1 aromatic rings. The molecular weight excluding hydrogens is 268 g/mol. The summed E-state index contributed by atoms with van der Waals surface area (Å²) in [4.78, 5) is 27.1. The number of nitrogens with zero attached hydrogens (tertiary/aromatic N) is 2. The van der Waals surface area contributed by atoms with Crippen molar-refractivity contribution in [2.24, 2.45) is 0 Å². The Hall–Kier alpha value is -1.88. The zero-order valence-corrected chi connectivity index (χ0v) is 12.4. The fraction of sp³-hybridized carbons (Fsp3) is 0.500. The van der Waals surface area contributed by atoms with E-state index in [1.165, 1.54) is 0 Å². The van der Waals surface area contributed by atoms with Crippen LogP contribution in [-0.2, 0) is 4.79 Å². The number of aliphatic carboxylic acids is 1. The zero-order chi connectivity index (χ0) is 15.2. The van der Waals surface area contributed by atoms with Crippen molar-refractivity contribution in [1.82, 2.24) is 9.80 Å². The zero-order valence-electron chi connectivity index (χ0n) is 12.4. The number of aryl methyl sites for hydroxylation is 1. The van der Waals surface area contributed by atoms with Gasteiger partial charge in [0, 0.05) is 31.7 Å². The van der Waals surface area contributed by atoms with E-state index in [0.29, 0.717) is 13.1 Å². The summed E-state index contributed by atoms with van der Waals surface area (Å²) in [7, 11) is 0. The maximum atomic E-state index is 12.4. The maximum absolute atomic E-state index is 12.4. The Morgan fingerprint density at radius 3 is 2.48 bits per heavy atom. The Balaban J connectivity index is 1.91. The Morgan fingerprint density at radius 1 is 1.10 bits per heavy atom. The first-order valence-corrected chi connectivity index (χ1v) is 7.36. The van der Waals surface area contributed by atoms with Gasteiger partial charge in [0.1, 0.15) is 0 Å². The highest BCUT2D eigenvalue weighted by atomic mass is 16.4. The van der Waals surface area contributed by atoms with E-state index < -0.39 is 5.97 Å². The van der Waals surface area contributed by atoms with Crippen molar-refractivity contribution < 1.29 is 14.7 Å². The fourth-order valence-electron chi connectivity index (χ4n) is 2.53. The largest absolute Gasteiger partial charge is 0.481 e. The molecular formula is C16H22N2O3. The van der Waals surface area contributed by atoms with Crippen molar-refractivity contribution in [2.75, 3.05) is 32.7 Å². The van der Waals surface area contributed by atoms with Crippen LogP contribution < -0.4 is 0 Å². The average Bonchev–Trinajstić information content (AvgIpc) is 2.70. The number of carboxylic acids is 1. The van der Waals surface area contributed by atoms with E-state index in [1.54, 1.807) is 0 Å². The van der Waals surface area contributed by atoms with Crippen molar-refractivity contribution >= 4 is 11.9 Å². The highest BCUT2D eigenvalue weighted by Gasteiger charge is 2.20. The lowest BCUT2D eigenvalue weighted by Crippen LogP contribution is -2.35. The summed E-state index contributed by atoms with van der Waals surface area (Å²) in [6.45, 7) is 5.54. The van der Waals surface area contributed by atoms with Crippen molar-refractivity contribution in [3.8, 4) is 0 Å². The van der Waals surface area contributed by atoms with Crippen LogP contribution in [-0.4, -0.2) is 59.5 Å². The third-order valence-electron chi connectivity index (χ3n) is 3.82. The minimum atomic E-state index is -0.771. The number of carboxylic acid groups (broad SMARTS) is 1. The first-order valence-electron chi connectivity index (χ1n) is 7.36. The topological polar surface area (TPSA) is 60.9 Å². The van der Waals surface area contributed by atoms with E-state index in [9.17, 15) is 9.59 Å². The summed E-state index contributed by atoms with van der Waals surface area (Å²) in [6.07, 6.45) is 1.04. The van der Waals surface area contributed by atoms with Crippen LogP contribution in [0.4, 0.5) is 0 Å². The molecule has 1 saturated heterocycles. The number of carbonyl (C=O) groups is 2. The summed E-state index contributed by atoms with van der Waals surface area (Å²) in [5, 5.41) is 8.73. The van der Waals surface area contributed by atoms with E-state index in [0.717, 1.165) is 37.2 Å². The Morgan fingerprint density at radius 2 is 1.81 bits per heavy atom. The molecule has 0 unspecified atom stereocenters. The van der Waals surface area contributed by atoms with Gasteiger partial charge in [-0.1, -0.05) is 17.7 Å². The first kappa shape index (κ1) is 15.5. The Labute approximate surface area is 125 Å². The van der Waals surface area contributed by atoms with Gasteiger partial charge in [0.15, 0.2) is 0 Å². The Kier molecular flexibility index (Phi) is 5.33. The smallest absolute Gasteiger partial charge is 0.304 e. The number of benzene rings is 1. The third-order valence-corrected chi connectivity index (χ3v) is 3.82. The molecule has 1 aliphatic heterocycles. The molecule has 0 bridgehead atoms. The minimum absolute atomic E-state index is 0.0649. The molecule has 0 aromatic heterocycles. The number of carbonyl (C=O) groups excluding carboxylic acids is 1. The highest BCUT2D eigenvalue weighted by molar-refractivity contribution is 5.94. The number of rotatable bonds is 4. The van der Waals surface area contributed by atoms with Gasteiger partial charge in [-0.15, -0.1) is 0 Å². The van der Waals surface area contributed by atoms with Gasteiger partial charge in [0.2, 0.25) is 0 Å². The molecule has 5 heteroatoms. The molecule has 5 nitrogen and oxygen atoms in total. The van der Waals surface area contributed by atoms with Crippen LogP contribution in [0, 0.1) is 6.92 Å². The van der Waals surface area contributed by atoms with Gasteiger partial charge in [-0.25, -0.2) is 0 Å². The number of hydrogen-bond acceptors (Lipinski definition) is 3. The second-order valence-electron chi connectivity index (χ2n) is 5.50. The molecule has 1 aliphatic rings. The van der Waals surface area contributed by atoms with Crippen molar-refractivity contribution in [1.29, 1.82) is 0 Å². The summed E-state index contributed by atoms with van der Waals surface area (Å²) >= 11 is 0. The van der Waals surface area contributed by atoms with Crippen LogP contribution in [0.5, 0.6) is 0 Å². The second kappa shape index (κ2) is 7.22. The molecule has 1 amide bonds. The van der Waals surface area contributed by atoms with Crippen molar-refractivity contribution in [3.05, 3.63) is 35.4 Å². The normalized spacial score (nSPS) is 16.5. The van der Waals surface area contributed by atoms with Gasteiger partial charge < -0.3 is 14.9 Å². The van der Waals surface area contributed by atoms with Crippen LogP contribution >= 0.6 is 0 Å². The predicted molar refractivity (Wildman–Crippen MR) is 80.4 cm³/mol. The van der Waals surface area contributed by atoms with Crippen LogP contribution in [0.25, 0.3) is 0 Å². The maximum Gasteiger partial charge on any atom is 0.304 e. The van der Waals surface area contributed by atoms with Gasteiger partial charge in [0.05, 0.1) is 6.42 Å². The van der Waals surface area contributed by atoms with Crippen molar-refractivity contribution in [3.63, 3.8) is 0 Å². The molecule has 0 atom stereocenters. The summed E-state index contributed by atoms with van der Waals surface area (Å²) in [5.74, 6) is -0.707. The molecule has 1 aromatic carbocycles. The predicted octanol–water partition coefficient (Wildman–Crippen LogP) is 1.62. The van der Waals surface area contributed by atoms with Gasteiger partial charge in [-0.3, -0.25) is 9.59 Å². The molecule has 1 fully saturated rings. The van der Waals surface area contributed by atoms with Crippen molar-refractivity contribution in [2.45, 2.75) is 19.8 Å². The first-order chi connectivity index (χ1) is 10.1. The van der Waals surface area contributed by atoms with Gasteiger partial charge in [0.25, 0.3) is 5.91 Å². The van der Waals surface area contributed by atoms with Gasteiger partial charge >= 0.3 is 5.97 Å². The molecule has 21 heavy (non-hydrogen) atoms. The summed E-state index contributed by atoms with van der Waals surface area (Å²) in [6, 6.07) is 7.63. The molecule has 1 N–H and O–H groups in total.